The SMILES string of the molecule is COc1cc2c(cc1Nc1ccccn1)[C@H]1CC[C@]3(C)CCC[C@H]3[C@@H]1CC2. The molecule has 27 heavy (non-hydrogen) atoms. The zero-order valence-corrected chi connectivity index (χ0v) is 16.5. The maximum absolute atomic E-state index is 5.71. The van der Waals surface area contributed by atoms with Crippen molar-refractivity contribution < 1.29 is 4.74 Å². The molecule has 0 unspecified atom stereocenters. The molecule has 0 amide bonds. The fourth-order valence-corrected chi connectivity index (χ4v) is 6.43. The van der Waals surface area contributed by atoms with Gasteiger partial charge in [0.15, 0.2) is 0 Å². The van der Waals surface area contributed by atoms with Gasteiger partial charge in [-0.1, -0.05) is 19.4 Å². The normalized spacial score (nSPS) is 31.6. The van der Waals surface area contributed by atoms with Crippen LogP contribution in [0.5, 0.6) is 5.75 Å². The van der Waals surface area contributed by atoms with Crippen LogP contribution in [-0.2, 0) is 6.42 Å². The fraction of sp³-hybridized carbons (Fsp3) is 0.542. The Labute approximate surface area is 162 Å². The van der Waals surface area contributed by atoms with E-state index in [1.54, 1.807) is 12.7 Å². The van der Waals surface area contributed by atoms with E-state index >= 15 is 0 Å². The van der Waals surface area contributed by atoms with Crippen molar-refractivity contribution in [2.75, 3.05) is 12.4 Å². The van der Waals surface area contributed by atoms with Crippen molar-refractivity contribution in [1.82, 2.24) is 4.98 Å². The van der Waals surface area contributed by atoms with E-state index in [0.717, 1.165) is 35.0 Å². The van der Waals surface area contributed by atoms with Gasteiger partial charge in [0.05, 0.1) is 12.8 Å². The molecule has 1 aromatic carbocycles. The number of pyridine rings is 1. The van der Waals surface area contributed by atoms with E-state index in [9.17, 15) is 0 Å². The molecule has 5 rings (SSSR count). The van der Waals surface area contributed by atoms with Crippen LogP contribution in [0.15, 0.2) is 36.5 Å². The van der Waals surface area contributed by atoms with Gasteiger partial charge in [-0.15, -0.1) is 0 Å². The molecule has 1 heterocycles. The number of ether oxygens (including phenoxy) is 1. The molecule has 1 N–H and O–H groups in total. The molecule has 3 nitrogen and oxygen atoms in total. The average Bonchev–Trinajstić information content (AvgIpc) is 3.10. The van der Waals surface area contributed by atoms with E-state index in [2.05, 4.69) is 29.4 Å². The number of aryl methyl sites for hydroxylation is 1. The van der Waals surface area contributed by atoms with Crippen LogP contribution in [-0.4, -0.2) is 12.1 Å². The van der Waals surface area contributed by atoms with Crippen LogP contribution in [0.1, 0.15) is 62.5 Å². The first-order valence-corrected chi connectivity index (χ1v) is 10.6. The Balaban J connectivity index is 1.51. The van der Waals surface area contributed by atoms with Crippen LogP contribution in [0.3, 0.4) is 0 Å². The molecule has 3 aliphatic rings. The Kier molecular flexibility index (Phi) is 4.14. The summed E-state index contributed by atoms with van der Waals surface area (Å²) in [6.45, 7) is 2.57. The van der Waals surface area contributed by atoms with Crippen molar-refractivity contribution in [3.63, 3.8) is 0 Å². The Morgan fingerprint density at radius 2 is 2.07 bits per heavy atom. The van der Waals surface area contributed by atoms with Crippen LogP contribution < -0.4 is 10.1 Å². The first-order valence-electron chi connectivity index (χ1n) is 10.6. The van der Waals surface area contributed by atoms with Gasteiger partial charge in [0.2, 0.25) is 0 Å². The summed E-state index contributed by atoms with van der Waals surface area (Å²) >= 11 is 0. The van der Waals surface area contributed by atoms with Crippen LogP contribution in [0, 0.1) is 17.3 Å². The summed E-state index contributed by atoms with van der Waals surface area (Å²) in [6, 6.07) is 10.6. The van der Waals surface area contributed by atoms with Gasteiger partial charge in [-0.3, -0.25) is 0 Å². The first kappa shape index (κ1) is 17.1. The minimum absolute atomic E-state index is 0.611. The highest BCUT2D eigenvalue weighted by Gasteiger charge is 2.50. The Morgan fingerprint density at radius 3 is 2.89 bits per heavy atom. The minimum Gasteiger partial charge on any atom is -0.495 e. The number of benzene rings is 1. The summed E-state index contributed by atoms with van der Waals surface area (Å²) in [7, 11) is 1.77. The van der Waals surface area contributed by atoms with E-state index in [4.69, 9.17) is 4.74 Å². The van der Waals surface area contributed by atoms with Crippen LogP contribution >= 0.6 is 0 Å². The number of nitrogens with one attached hydrogen (secondary N) is 1. The van der Waals surface area contributed by atoms with E-state index in [0.29, 0.717) is 5.41 Å². The number of hydrogen-bond acceptors (Lipinski definition) is 3. The fourth-order valence-electron chi connectivity index (χ4n) is 6.43. The smallest absolute Gasteiger partial charge is 0.142 e. The standard InChI is InChI=1S/C24H30N2O/c1-24-11-5-6-20(24)18-9-8-16-14-22(27-2)21(15-19(16)17(18)10-12-24)26-23-7-3-4-13-25-23/h3-4,7,13-15,17-18,20H,5-6,8-12H2,1-2H3,(H,25,26)/t17-,18+,20-,24-/m0/s1. The number of rotatable bonds is 3. The van der Waals surface area contributed by atoms with Crippen LogP contribution in [0.4, 0.5) is 11.5 Å². The van der Waals surface area contributed by atoms with Gasteiger partial charge in [0.1, 0.15) is 11.6 Å². The summed E-state index contributed by atoms with van der Waals surface area (Å²) in [5.74, 6) is 4.32. The third kappa shape index (κ3) is 2.83. The minimum atomic E-state index is 0.611. The molecule has 0 spiro atoms. The third-order valence-corrected chi connectivity index (χ3v) is 7.75. The Bertz CT molecular complexity index is 834. The van der Waals surface area contributed by atoms with Crippen molar-refractivity contribution in [3.05, 3.63) is 47.7 Å². The van der Waals surface area contributed by atoms with Crippen molar-refractivity contribution >= 4 is 11.5 Å². The molecule has 0 aliphatic heterocycles. The molecule has 142 valence electrons. The number of aromatic nitrogens is 1. The van der Waals surface area contributed by atoms with Crippen molar-refractivity contribution in [2.24, 2.45) is 17.3 Å². The Morgan fingerprint density at radius 1 is 1.15 bits per heavy atom. The van der Waals surface area contributed by atoms with Gasteiger partial charge >= 0.3 is 0 Å². The lowest BCUT2D eigenvalue weighted by Crippen LogP contribution is -2.39. The number of methoxy groups -OCH3 is 1. The maximum Gasteiger partial charge on any atom is 0.142 e. The second-order valence-corrected chi connectivity index (χ2v) is 9.09. The molecule has 1 aromatic heterocycles. The van der Waals surface area contributed by atoms with Gasteiger partial charge in [0, 0.05) is 6.20 Å². The summed E-state index contributed by atoms with van der Waals surface area (Å²) in [5, 5.41) is 3.49. The van der Waals surface area contributed by atoms with Crippen LogP contribution in [0.2, 0.25) is 0 Å². The maximum atomic E-state index is 5.71. The molecular formula is C24H30N2O. The number of fused-ring (bicyclic) bond motifs is 5. The highest BCUT2D eigenvalue weighted by atomic mass is 16.5. The molecule has 4 atom stereocenters. The topological polar surface area (TPSA) is 34.1 Å². The highest BCUT2D eigenvalue weighted by molar-refractivity contribution is 5.67. The predicted molar refractivity (Wildman–Crippen MR) is 110 cm³/mol. The lowest BCUT2D eigenvalue weighted by atomic mass is 9.56. The average molecular weight is 363 g/mol. The second-order valence-electron chi connectivity index (χ2n) is 9.09. The number of nitrogens with zero attached hydrogens (tertiary/aromatic N) is 1. The Hall–Kier alpha value is -2.03. The zero-order chi connectivity index (χ0) is 18.4. The highest BCUT2D eigenvalue weighted by Crippen LogP contribution is 2.61. The second kappa shape index (κ2) is 6.54. The van der Waals surface area contributed by atoms with Gasteiger partial charge < -0.3 is 10.1 Å². The largest absolute Gasteiger partial charge is 0.495 e. The summed E-state index contributed by atoms with van der Waals surface area (Å²) in [6.07, 6.45) is 11.5. The lowest BCUT2D eigenvalue weighted by Gasteiger charge is -2.49. The molecule has 3 heteroatoms. The van der Waals surface area contributed by atoms with Crippen molar-refractivity contribution in [1.29, 1.82) is 0 Å². The number of hydrogen-bond donors (Lipinski definition) is 1. The predicted octanol–water partition coefficient (Wildman–Crippen LogP) is 6.08. The molecule has 2 fully saturated rings. The van der Waals surface area contributed by atoms with Gasteiger partial charge in [0.25, 0.3) is 0 Å². The quantitative estimate of drug-likeness (QED) is 0.718. The van der Waals surface area contributed by atoms with E-state index in [-0.39, 0.29) is 0 Å². The molecule has 2 aromatic rings. The van der Waals surface area contributed by atoms with E-state index in [1.165, 1.54) is 50.5 Å². The van der Waals surface area contributed by atoms with Gasteiger partial charge in [-0.25, -0.2) is 4.98 Å². The molecule has 0 radical (unpaired) electrons. The molecular weight excluding hydrogens is 332 g/mol. The summed E-state index contributed by atoms with van der Waals surface area (Å²) in [4.78, 5) is 4.43. The first-order chi connectivity index (χ1) is 13.2. The molecule has 0 saturated heterocycles. The monoisotopic (exact) mass is 362 g/mol. The lowest BCUT2D eigenvalue weighted by molar-refractivity contribution is 0.0598. The van der Waals surface area contributed by atoms with Crippen molar-refractivity contribution in [2.45, 2.75) is 57.8 Å². The summed E-state index contributed by atoms with van der Waals surface area (Å²) in [5.41, 5.74) is 4.73. The molecule has 3 aliphatic carbocycles. The molecule has 2 saturated carbocycles. The van der Waals surface area contributed by atoms with E-state index in [1.807, 2.05) is 24.4 Å². The third-order valence-electron chi connectivity index (χ3n) is 7.75. The zero-order valence-electron chi connectivity index (χ0n) is 16.5. The van der Waals surface area contributed by atoms with E-state index < -0.39 is 0 Å². The van der Waals surface area contributed by atoms with Gasteiger partial charge in [-0.05, 0) is 97.1 Å². The molecule has 0 bridgehead atoms. The van der Waals surface area contributed by atoms with Crippen LogP contribution in [0.25, 0.3) is 0 Å². The number of anilines is 2. The van der Waals surface area contributed by atoms with Crippen molar-refractivity contribution in [3.8, 4) is 5.75 Å². The van der Waals surface area contributed by atoms with Gasteiger partial charge in [-0.2, -0.15) is 0 Å². The summed E-state index contributed by atoms with van der Waals surface area (Å²) < 4.78 is 5.71.